The molecule has 0 bridgehead atoms. The number of hydrogen-bond acceptors (Lipinski definition) is 3. The van der Waals surface area contributed by atoms with Crippen molar-refractivity contribution in [2.75, 3.05) is 5.32 Å². The number of nitrogens with one attached hydrogen (secondary N) is 2. The first-order chi connectivity index (χ1) is 8.86. The lowest BCUT2D eigenvalue weighted by Gasteiger charge is -2.03. The van der Waals surface area contributed by atoms with Gasteiger partial charge in [-0.15, -0.1) is 0 Å². The van der Waals surface area contributed by atoms with Crippen LogP contribution in [0.4, 0.5) is 18.9 Å². The van der Waals surface area contributed by atoms with E-state index in [1.165, 1.54) is 24.3 Å². The van der Waals surface area contributed by atoms with Crippen LogP contribution < -0.4 is 5.32 Å². The lowest BCUT2D eigenvalue weighted by molar-refractivity contribution is -0.141. The predicted molar refractivity (Wildman–Crippen MR) is 59.6 cm³/mol. The number of benzene rings is 1. The number of hydrogen-bond donors (Lipinski definition) is 3. The van der Waals surface area contributed by atoms with Crippen molar-refractivity contribution in [2.24, 2.45) is 0 Å². The number of alkyl halides is 3. The molecule has 100 valence electrons. The van der Waals surface area contributed by atoms with Crippen LogP contribution in [0.1, 0.15) is 16.2 Å². The molecule has 1 heterocycles. The van der Waals surface area contributed by atoms with Crippen LogP contribution in [-0.4, -0.2) is 21.2 Å². The van der Waals surface area contributed by atoms with Crippen LogP contribution in [0.2, 0.25) is 0 Å². The molecule has 1 amide bonds. The van der Waals surface area contributed by atoms with E-state index in [1.807, 2.05) is 0 Å². The monoisotopic (exact) mass is 271 g/mol. The number of anilines is 1. The highest BCUT2D eigenvalue weighted by atomic mass is 19.4. The van der Waals surface area contributed by atoms with Gasteiger partial charge in [-0.3, -0.25) is 9.89 Å². The van der Waals surface area contributed by atoms with Crippen molar-refractivity contribution in [1.82, 2.24) is 10.2 Å². The summed E-state index contributed by atoms with van der Waals surface area (Å²) in [5.41, 5.74) is -1.24. The van der Waals surface area contributed by atoms with Gasteiger partial charge >= 0.3 is 6.18 Å². The molecule has 19 heavy (non-hydrogen) atoms. The molecule has 8 heteroatoms. The minimum atomic E-state index is -4.59. The zero-order valence-electron chi connectivity index (χ0n) is 9.32. The van der Waals surface area contributed by atoms with Crippen molar-refractivity contribution in [3.63, 3.8) is 0 Å². The number of halogens is 3. The number of aromatic nitrogens is 2. The Bertz CT molecular complexity index is 607. The summed E-state index contributed by atoms with van der Waals surface area (Å²) in [7, 11) is 0. The fraction of sp³-hybridized carbons (Fsp3) is 0.0909. The van der Waals surface area contributed by atoms with E-state index in [9.17, 15) is 23.1 Å². The highest BCUT2D eigenvalue weighted by Crippen LogP contribution is 2.27. The molecule has 1 aromatic carbocycles. The van der Waals surface area contributed by atoms with Gasteiger partial charge in [-0.25, -0.2) is 0 Å². The SMILES string of the molecule is O=C(Nc1cccc(O)c1)c1cc(C(F)(F)F)[nH]n1. The Morgan fingerprint density at radius 3 is 2.63 bits per heavy atom. The van der Waals surface area contributed by atoms with E-state index in [1.54, 1.807) is 5.10 Å². The van der Waals surface area contributed by atoms with Crippen LogP contribution in [0.25, 0.3) is 0 Å². The molecular formula is C11H8F3N3O2. The third-order valence-corrected chi connectivity index (χ3v) is 2.22. The van der Waals surface area contributed by atoms with Crippen molar-refractivity contribution < 1.29 is 23.1 Å². The van der Waals surface area contributed by atoms with E-state index in [-0.39, 0.29) is 11.4 Å². The summed E-state index contributed by atoms with van der Waals surface area (Å²) in [6.45, 7) is 0. The second-order valence-corrected chi connectivity index (χ2v) is 3.67. The van der Waals surface area contributed by atoms with Crippen LogP contribution >= 0.6 is 0 Å². The van der Waals surface area contributed by atoms with Gasteiger partial charge in [0.2, 0.25) is 0 Å². The van der Waals surface area contributed by atoms with Crippen molar-refractivity contribution >= 4 is 11.6 Å². The van der Waals surface area contributed by atoms with Crippen molar-refractivity contribution in [3.05, 3.63) is 41.7 Å². The topological polar surface area (TPSA) is 78.0 Å². The first-order valence-electron chi connectivity index (χ1n) is 5.09. The molecule has 0 aliphatic carbocycles. The molecule has 3 N–H and O–H groups in total. The maximum atomic E-state index is 12.3. The average molecular weight is 271 g/mol. The molecule has 0 aliphatic rings. The van der Waals surface area contributed by atoms with Crippen LogP contribution in [0.3, 0.4) is 0 Å². The van der Waals surface area contributed by atoms with Gasteiger partial charge in [0.1, 0.15) is 11.4 Å². The molecule has 0 unspecified atom stereocenters. The lowest BCUT2D eigenvalue weighted by atomic mass is 10.3. The number of phenolic OH excluding ortho intramolecular Hbond substituents is 1. The molecule has 0 aliphatic heterocycles. The molecule has 0 radical (unpaired) electrons. The summed E-state index contributed by atoms with van der Waals surface area (Å²) in [6, 6.07) is 6.23. The molecule has 0 spiro atoms. The Kier molecular flexibility index (Phi) is 3.16. The van der Waals surface area contributed by atoms with Gasteiger partial charge in [-0.2, -0.15) is 18.3 Å². The summed E-state index contributed by atoms with van der Waals surface area (Å²) in [4.78, 5) is 11.6. The fourth-order valence-electron chi connectivity index (χ4n) is 1.36. The third kappa shape index (κ3) is 3.03. The zero-order valence-corrected chi connectivity index (χ0v) is 9.32. The summed E-state index contributed by atoms with van der Waals surface area (Å²) in [5, 5.41) is 16.5. The number of rotatable bonds is 2. The number of H-pyrrole nitrogens is 1. The highest BCUT2D eigenvalue weighted by Gasteiger charge is 2.33. The Morgan fingerprint density at radius 1 is 1.32 bits per heavy atom. The maximum absolute atomic E-state index is 12.3. The van der Waals surface area contributed by atoms with Gasteiger partial charge < -0.3 is 10.4 Å². The van der Waals surface area contributed by atoms with Gasteiger partial charge in [-0.1, -0.05) is 6.07 Å². The molecular weight excluding hydrogens is 263 g/mol. The fourth-order valence-corrected chi connectivity index (χ4v) is 1.36. The first-order valence-corrected chi connectivity index (χ1v) is 5.09. The van der Waals surface area contributed by atoms with Gasteiger partial charge in [0.05, 0.1) is 0 Å². The first kappa shape index (κ1) is 12.9. The van der Waals surface area contributed by atoms with E-state index < -0.39 is 23.5 Å². The number of aromatic hydroxyl groups is 1. The van der Waals surface area contributed by atoms with Crippen LogP contribution in [0, 0.1) is 0 Å². The Morgan fingerprint density at radius 2 is 2.05 bits per heavy atom. The number of amides is 1. The van der Waals surface area contributed by atoms with E-state index in [2.05, 4.69) is 10.4 Å². The normalized spacial score (nSPS) is 11.3. The Labute approximate surface area is 105 Å². The maximum Gasteiger partial charge on any atom is 0.432 e. The number of aromatic amines is 1. The lowest BCUT2D eigenvalue weighted by Crippen LogP contribution is -2.12. The molecule has 5 nitrogen and oxygen atoms in total. The Balaban J connectivity index is 2.14. The quantitative estimate of drug-likeness (QED) is 0.784. The summed E-state index contributed by atoms with van der Waals surface area (Å²) >= 11 is 0. The van der Waals surface area contributed by atoms with Gasteiger partial charge in [0.25, 0.3) is 5.91 Å². The summed E-state index contributed by atoms with van der Waals surface area (Å²) in [6.07, 6.45) is -4.59. The molecule has 0 fully saturated rings. The van der Waals surface area contributed by atoms with E-state index in [0.29, 0.717) is 6.07 Å². The minimum Gasteiger partial charge on any atom is -0.508 e. The smallest absolute Gasteiger partial charge is 0.432 e. The summed E-state index contributed by atoms with van der Waals surface area (Å²) < 4.78 is 36.9. The highest BCUT2D eigenvalue weighted by molar-refractivity contribution is 6.03. The van der Waals surface area contributed by atoms with Crippen molar-refractivity contribution in [2.45, 2.75) is 6.18 Å². The average Bonchev–Trinajstić information content (AvgIpc) is 2.77. The number of phenols is 1. The second kappa shape index (κ2) is 4.63. The molecule has 2 rings (SSSR count). The zero-order chi connectivity index (χ0) is 14.0. The van der Waals surface area contributed by atoms with Crippen LogP contribution in [-0.2, 0) is 6.18 Å². The molecule has 0 saturated carbocycles. The van der Waals surface area contributed by atoms with Gasteiger partial charge in [0.15, 0.2) is 5.69 Å². The number of nitrogens with zero attached hydrogens (tertiary/aromatic N) is 1. The van der Waals surface area contributed by atoms with Gasteiger partial charge in [0, 0.05) is 17.8 Å². The summed E-state index contributed by atoms with van der Waals surface area (Å²) in [5.74, 6) is -0.881. The van der Waals surface area contributed by atoms with E-state index >= 15 is 0 Å². The molecule has 1 aromatic heterocycles. The predicted octanol–water partition coefficient (Wildman–Crippen LogP) is 2.39. The second-order valence-electron chi connectivity index (χ2n) is 3.67. The van der Waals surface area contributed by atoms with E-state index in [0.717, 1.165) is 0 Å². The molecule has 0 atom stereocenters. The van der Waals surface area contributed by atoms with Crippen molar-refractivity contribution in [1.29, 1.82) is 0 Å². The minimum absolute atomic E-state index is 0.0733. The van der Waals surface area contributed by atoms with Gasteiger partial charge in [-0.05, 0) is 12.1 Å². The van der Waals surface area contributed by atoms with Crippen molar-refractivity contribution in [3.8, 4) is 5.75 Å². The third-order valence-electron chi connectivity index (χ3n) is 2.22. The Hall–Kier alpha value is -2.51. The standard InChI is InChI=1S/C11H8F3N3O2/c12-11(13,14)9-5-8(16-17-9)10(19)15-6-2-1-3-7(18)4-6/h1-5,18H,(H,15,19)(H,16,17). The molecule has 2 aromatic rings. The molecule has 0 saturated heterocycles. The van der Waals surface area contributed by atoms with Crippen LogP contribution in [0.5, 0.6) is 5.75 Å². The number of carbonyl (C=O) groups excluding carboxylic acids is 1. The number of carbonyl (C=O) groups is 1. The van der Waals surface area contributed by atoms with E-state index in [4.69, 9.17) is 0 Å². The van der Waals surface area contributed by atoms with Crippen LogP contribution in [0.15, 0.2) is 30.3 Å². The largest absolute Gasteiger partial charge is 0.508 e.